The van der Waals surface area contributed by atoms with E-state index >= 15 is 0 Å². The molecule has 8 heteroatoms. The Morgan fingerprint density at radius 1 is 1.23 bits per heavy atom. The van der Waals surface area contributed by atoms with E-state index in [1.807, 2.05) is 0 Å². The SMILES string of the molecule is Cc1cnc(C(=O)Nc2ccccc2SCC(F)(F)F)cn1. The first-order valence-corrected chi connectivity index (χ1v) is 7.22. The highest BCUT2D eigenvalue weighted by atomic mass is 32.2. The highest BCUT2D eigenvalue weighted by molar-refractivity contribution is 7.99. The number of hydrogen-bond donors (Lipinski definition) is 1. The van der Waals surface area contributed by atoms with E-state index in [-0.39, 0.29) is 5.69 Å². The summed E-state index contributed by atoms with van der Waals surface area (Å²) in [6.45, 7) is 1.73. The third-order valence-electron chi connectivity index (χ3n) is 2.54. The van der Waals surface area contributed by atoms with Gasteiger partial charge in [-0.05, 0) is 19.1 Å². The number of aryl methyl sites for hydroxylation is 1. The van der Waals surface area contributed by atoms with Crippen molar-refractivity contribution in [3.8, 4) is 0 Å². The lowest BCUT2D eigenvalue weighted by Crippen LogP contribution is -2.15. The van der Waals surface area contributed by atoms with Crippen LogP contribution in [-0.2, 0) is 0 Å². The Kier molecular flexibility index (Phi) is 5.02. The van der Waals surface area contributed by atoms with Crippen LogP contribution in [0.5, 0.6) is 0 Å². The molecule has 0 aliphatic heterocycles. The summed E-state index contributed by atoms with van der Waals surface area (Å²) in [4.78, 5) is 20.3. The molecule has 0 saturated heterocycles. The molecular formula is C14H12F3N3OS. The van der Waals surface area contributed by atoms with Crippen molar-refractivity contribution in [2.24, 2.45) is 0 Å². The zero-order chi connectivity index (χ0) is 16.2. The summed E-state index contributed by atoms with van der Waals surface area (Å²) in [6, 6.07) is 6.30. The van der Waals surface area contributed by atoms with Crippen LogP contribution < -0.4 is 5.32 Å². The molecule has 2 aromatic rings. The second-order valence-corrected chi connectivity index (χ2v) is 5.41. The Morgan fingerprint density at radius 3 is 2.59 bits per heavy atom. The van der Waals surface area contributed by atoms with E-state index in [0.29, 0.717) is 28.0 Å². The molecule has 2 rings (SSSR count). The molecule has 4 nitrogen and oxygen atoms in total. The minimum absolute atomic E-state index is 0.0984. The number of nitrogens with one attached hydrogen (secondary N) is 1. The molecule has 1 aromatic heterocycles. The maximum absolute atomic E-state index is 12.3. The number of halogens is 3. The third kappa shape index (κ3) is 4.73. The highest BCUT2D eigenvalue weighted by Gasteiger charge is 2.27. The second-order valence-electron chi connectivity index (χ2n) is 4.40. The number of hydrogen-bond acceptors (Lipinski definition) is 4. The van der Waals surface area contributed by atoms with Crippen molar-refractivity contribution >= 4 is 23.4 Å². The van der Waals surface area contributed by atoms with E-state index < -0.39 is 17.8 Å². The molecule has 0 radical (unpaired) electrons. The van der Waals surface area contributed by atoms with Crippen LogP contribution in [-0.4, -0.2) is 27.8 Å². The standard InChI is InChI=1S/C14H12F3N3OS/c1-9-6-19-11(7-18-9)13(21)20-10-4-2-3-5-12(10)22-8-14(15,16)17/h2-7H,8H2,1H3,(H,20,21). The summed E-state index contributed by atoms with van der Waals surface area (Å²) >= 11 is 0.618. The largest absolute Gasteiger partial charge is 0.398 e. The number of benzene rings is 1. The average Bonchev–Trinajstić information content (AvgIpc) is 2.46. The van der Waals surface area contributed by atoms with Gasteiger partial charge in [-0.25, -0.2) is 4.98 Å². The van der Waals surface area contributed by atoms with Gasteiger partial charge in [0.05, 0.1) is 23.3 Å². The summed E-state index contributed by atoms with van der Waals surface area (Å²) in [6.07, 6.45) is -1.51. The molecule has 0 fully saturated rings. The molecule has 0 aliphatic rings. The molecule has 0 saturated carbocycles. The van der Waals surface area contributed by atoms with Gasteiger partial charge in [-0.3, -0.25) is 9.78 Å². The first-order valence-electron chi connectivity index (χ1n) is 6.24. The van der Waals surface area contributed by atoms with Gasteiger partial charge < -0.3 is 5.32 Å². The normalized spacial score (nSPS) is 11.3. The molecule has 1 N–H and O–H groups in total. The van der Waals surface area contributed by atoms with Crippen molar-refractivity contribution in [2.45, 2.75) is 18.0 Å². The molecule has 116 valence electrons. The van der Waals surface area contributed by atoms with Gasteiger partial charge in [-0.15, -0.1) is 11.8 Å². The minimum Gasteiger partial charge on any atom is -0.320 e. The molecule has 0 atom stereocenters. The predicted molar refractivity (Wildman–Crippen MR) is 77.9 cm³/mol. The van der Waals surface area contributed by atoms with Gasteiger partial charge in [0.15, 0.2) is 0 Å². The van der Waals surface area contributed by atoms with E-state index in [2.05, 4.69) is 15.3 Å². The van der Waals surface area contributed by atoms with Crippen LogP contribution in [0.4, 0.5) is 18.9 Å². The Bertz CT molecular complexity index is 659. The zero-order valence-electron chi connectivity index (χ0n) is 11.5. The predicted octanol–water partition coefficient (Wildman–Crippen LogP) is 3.69. The minimum atomic E-state index is -4.27. The van der Waals surface area contributed by atoms with Crippen LogP contribution in [0.15, 0.2) is 41.6 Å². The van der Waals surface area contributed by atoms with E-state index in [4.69, 9.17) is 0 Å². The van der Waals surface area contributed by atoms with Crippen LogP contribution in [0.2, 0.25) is 0 Å². The highest BCUT2D eigenvalue weighted by Crippen LogP contribution is 2.32. The van der Waals surface area contributed by atoms with Crippen molar-refractivity contribution in [2.75, 3.05) is 11.1 Å². The fourth-order valence-electron chi connectivity index (χ4n) is 1.55. The lowest BCUT2D eigenvalue weighted by atomic mass is 10.3. The Labute approximate surface area is 129 Å². The number of carbonyl (C=O) groups is 1. The van der Waals surface area contributed by atoms with Crippen LogP contribution in [0, 0.1) is 6.92 Å². The maximum Gasteiger partial charge on any atom is 0.398 e. The van der Waals surface area contributed by atoms with Crippen LogP contribution >= 0.6 is 11.8 Å². The monoisotopic (exact) mass is 327 g/mol. The number of thioether (sulfide) groups is 1. The zero-order valence-corrected chi connectivity index (χ0v) is 12.3. The van der Waals surface area contributed by atoms with E-state index in [1.165, 1.54) is 24.5 Å². The van der Waals surface area contributed by atoms with Gasteiger partial charge in [-0.2, -0.15) is 13.2 Å². The topological polar surface area (TPSA) is 54.9 Å². The third-order valence-corrected chi connectivity index (χ3v) is 3.68. The number of alkyl halides is 3. The first kappa shape index (κ1) is 16.3. The van der Waals surface area contributed by atoms with Crippen molar-refractivity contribution < 1.29 is 18.0 Å². The second kappa shape index (κ2) is 6.78. The summed E-state index contributed by atoms with van der Waals surface area (Å²) in [5, 5.41) is 2.55. The Hall–Kier alpha value is -2.09. The lowest BCUT2D eigenvalue weighted by Gasteiger charge is -2.11. The van der Waals surface area contributed by atoms with Gasteiger partial charge in [0.1, 0.15) is 5.69 Å². The van der Waals surface area contributed by atoms with Gasteiger partial charge in [-0.1, -0.05) is 12.1 Å². The van der Waals surface area contributed by atoms with Crippen molar-refractivity contribution in [3.05, 3.63) is 48.0 Å². The van der Waals surface area contributed by atoms with Gasteiger partial charge in [0, 0.05) is 11.1 Å². The molecule has 1 heterocycles. The Balaban J connectivity index is 2.12. The quantitative estimate of drug-likeness (QED) is 0.870. The van der Waals surface area contributed by atoms with Crippen molar-refractivity contribution in [1.82, 2.24) is 9.97 Å². The van der Waals surface area contributed by atoms with Gasteiger partial charge in [0.2, 0.25) is 0 Å². The molecular weight excluding hydrogens is 315 g/mol. The molecule has 1 amide bonds. The molecule has 0 bridgehead atoms. The van der Waals surface area contributed by atoms with Crippen molar-refractivity contribution in [1.29, 1.82) is 0 Å². The number of para-hydroxylation sites is 1. The number of amides is 1. The molecule has 0 spiro atoms. The average molecular weight is 327 g/mol. The van der Waals surface area contributed by atoms with Gasteiger partial charge in [0.25, 0.3) is 5.91 Å². The van der Waals surface area contributed by atoms with Crippen LogP contribution in [0.25, 0.3) is 0 Å². The summed E-state index contributed by atoms with van der Waals surface area (Å²) in [7, 11) is 0. The fraction of sp³-hybridized carbons (Fsp3) is 0.214. The van der Waals surface area contributed by atoms with Crippen molar-refractivity contribution in [3.63, 3.8) is 0 Å². The summed E-state index contributed by atoms with van der Waals surface area (Å²) in [5.74, 6) is -1.54. The van der Waals surface area contributed by atoms with E-state index in [1.54, 1.807) is 19.1 Å². The van der Waals surface area contributed by atoms with E-state index in [9.17, 15) is 18.0 Å². The van der Waals surface area contributed by atoms with Crippen LogP contribution in [0.3, 0.4) is 0 Å². The molecule has 0 aliphatic carbocycles. The maximum atomic E-state index is 12.3. The first-order chi connectivity index (χ1) is 10.3. The molecule has 22 heavy (non-hydrogen) atoms. The van der Waals surface area contributed by atoms with Crippen LogP contribution in [0.1, 0.15) is 16.2 Å². The number of rotatable bonds is 4. The number of nitrogens with zero attached hydrogens (tertiary/aromatic N) is 2. The number of aromatic nitrogens is 2. The molecule has 0 unspecified atom stereocenters. The molecule has 1 aromatic carbocycles. The smallest absolute Gasteiger partial charge is 0.320 e. The summed E-state index contributed by atoms with van der Waals surface area (Å²) < 4.78 is 36.9. The van der Waals surface area contributed by atoms with Gasteiger partial charge >= 0.3 is 6.18 Å². The lowest BCUT2D eigenvalue weighted by molar-refractivity contribution is -0.105. The number of carbonyl (C=O) groups excluding carboxylic acids is 1. The van der Waals surface area contributed by atoms with E-state index in [0.717, 1.165) is 0 Å². The Morgan fingerprint density at radius 2 is 1.95 bits per heavy atom. The number of anilines is 1. The summed E-state index contributed by atoms with van der Waals surface area (Å²) in [5.41, 5.74) is 1.07. The fourth-order valence-corrected chi connectivity index (χ4v) is 2.32.